The molecular formula is C21H28N2O3Si. The van der Waals surface area contributed by atoms with Gasteiger partial charge in [-0.15, -0.1) is 0 Å². The van der Waals surface area contributed by atoms with E-state index in [1.807, 2.05) is 37.3 Å². The van der Waals surface area contributed by atoms with Crippen LogP contribution in [0.25, 0.3) is 11.0 Å². The lowest BCUT2D eigenvalue weighted by molar-refractivity contribution is 0.253. The van der Waals surface area contributed by atoms with Gasteiger partial charge in [0, 0.05) is 0 Å². The van der Waals surface area contributed by atoms with E-state index >= 15 is 0 Å². The number of aryl methyl sites for hydroxylation is 1. The summed E-state index contributed by atoms with van der Waals surface area (Å²) in [6.45, 7) is 14.0. The first-order chi connectivity index (χ1) is 12.7. The van der Waals surface area contributed by atoms with Crippen LogP contribution < -0.4 is 4.74 Å². The normalized spacial score (nSPS) is 12.5. The number of fused-ring (bicyclic) bond motifs is 1. The Labute approximate surface area is 161 Å². The smallest absolute Gasteiger partial charge is 0.220 e. The molecule has 144 valence electrons. The van der Waals surface area contributed by atoms with Crippen molar-refractivity contribution in [2.45, 2.75) is 59.0 Å². The first-order valence-corrected chi connectivity index (χ1v) is 12.1. The Hall–Kier alpha value is -2.18. The largest absolute Gasteiger partial charge is 0.473 e. The molecule has 0 saturated heterocycles. The van der Waals surface area contributed by atoms with Crippen LogP contribution in [0.4, 0.5) is 0 Å². The molecule has 3 rings (SSSR count). The van der Waals surface area contributed by atoms with Crippen LogP contribution in [0.15, 0.2) is 41.1 Å². The Morgan fingerprint density at radius 3 is 2.44 bits per heavy atom. The molecule has 0 atom stereocenters. The van der Waals surface area contributed by atoms with Crippen molar-refractivity contribution in [1.82, 2.24) is 10.1 Å². The van der Waals surface area contributed by atoms with Gasteiger partial charge in [-0.1, -0.05) is 56.3 Å². The van der Waals surface area contributed by atoms with E-state index in [-0.39, 0.29) is 5.04 Å². The molecule has 2 aromatic heterocycles. The summed E-state index contributed by atoms with van der Waals surface area (Å²) in [5.41, 5.74) is 3.45. The molecule has 0 aliphatic carbocycles. The Morgan fingerprint density at radius 2 is 1.78 bits per heavy atom. The fourth-order valence-electron chi connectivity index (χ4n) is 2.56. The minimum atomic E-state index is -1.91. The van der Waals surface area contributed by atoms with Crippen LogP contribution in [0.3, 0.4) is 0 Å². The molecule has 0 saturated carbocycles. The highest BCUT2D eigenvalue weighted by molar-refractivity contribution is 6.74. The van der Waals surface area contributed by atoms with E-state index in [1.54, 1.807) is 6.20 Å². The average Bonchev–Trinajstić information content (AvgIpc) is 3.09. The maximum atomic E-state index is 6.44. The zero-order chi connectivity index (χ0) is 19.7. The quantitative estimate of drug-likeness (QED) is 0.515. The van der Waals surface area contributed by atoms with Crippen LogP contribution in [0, 0.1) is 6.92 Å². The van der Waals surface area contributed by atoms with E-state index < -0.39 is 8.32 Å². The average molecular weight is 385 g/mol. The van der Waals surface area contributed by atoms with Crippen LogP contribution in [0.2, 0.25) is 18.1 Å². The molecule has 3 aromatic rings. The van der Waals surface area contributed by atoms with Crippen molar-refractivity contribution >= 4 is 19.3 Å². The Bertz CT molecular complexity index is 914. The maximum Gasteiger partial charge on any atom is 0.220 e. The number of hydrogen-bond donors (Lipinski definition) is 0. The molecule has 6 heteroatoms. The highest BCUT2D eigenvalue weighted by Gasteiger charge is 2.37. The molecule has 0 amide bonds. The summed E-state index contributed by atoms with van der Waals surface area (Å²) in [5.74, 6) is 0.589. The predicted octanol–water partition coefficient (Wildman–Crippen LogP) is 5.63. The lowest BCUT2D eigenvalue weighted by atomic mass is 10.1. The van der Waals surface area contributed by atoms with E-state index in [4.69, 9.17) is 13.7 Å². The van der Waals surface area contributed by atoms with Crippen LogP contribution in [-0.4, -0.2) is 18.5 Å². The highest BCUT2D eigenvalue weighted by Crippen LogP contribution is 2.38. The monoisotopic (exact) mass is 384 g/mol. The summed E-state index contributed by atoms with van der Waals surface area (Å²) < 4.78 is 17.9. The molecule has 5 nitrogen and oxygen atoms in total. The topological polar surface area (TPSA) is 57.4 Å². The molecule has 0 unspecified atom stereocenters. The van der Waals surface area contributed by atoms with E-state index in [0.717, 1.165) is 22.2 Å². The van der Waals surface area contributed by atoms with Gasteiger partial charge in [0.15, 0.2) is 13.9 Å². The molecule has 0 radical (unpaired) electrons. The second-order valence-corrected chi connectivity index (χ2v) is 13.2. The van der Waals surface area contributed by atoms with Gasteiger partial charge in [0.2, 0.25) is 5.88 Å². The summed E-state index contributed by atoms with van der Waals surface area (Å²) >= 11 is 0. The van der Waals surface area contributed by atoms with E-state index in [2.05, 4.69) is 44.0 Å². The molecule has 2 heterocycles. The van der Waals surface area contributed by atoms with Gasteiger partial charge in [0.05, 0.1) is 29.4 Å². The number of nitrogens with zero attached hydrogens (tertiary/aromatic N) is 2. The van der Waals surface area contributed by atoms with Crippen LogP contribution in [0.5, 0.6) is 5.88 Å². The molecule has 0 aliphatic rings. The van der Waals surface area contributed by atoms with Gasteiger partial charge in [0.25, 0.3) is 0 Å². The Kier molecular flexibility index (Phi) is 5.40. The molecule has 0 aliphatic heterocycles. The van der Waals surface area contributed by atoms with Gasteiger partial charge >= 0.3 is 0 Å². The third-order valence-corrected chi connectivity index (χ3v) is 9.83. The molecule has 27 heavy (non-hydrogen) atoms. The standard InChI is InChI=1S/C21H28N2O3Si/c1-15-19-17(12-22-26-19)18(14-25-27(5,6)21(2,3)4)20(23-15)24-13-16-10-8-7-9-11-16/h7-12H,13-14H2,1-6H3. The summed E-state index contributed by atoms with van der Waals surface area (Å²) in [5, 5.41) is 5.00. The van der Waals surface area contributed by atoms with Crippen molar-refractivity contribution in [3.63, 3.8) is 0 Å². The molecule has 0 spiro atoms. The molecule has 0 fully saturated rings. The second-order valence-electron chi connectivity index (χ2n) is 8.37. The molecule has 1 aromatic carbocycles. The van der Waals surface area contributed by atoms with Crippen molar-refractivity contribution in [3.8, 4) is 5.88 Å². The first kappa shape index (κ1) is 19.6. The van der Waals surface area contributed by atoms with Crippen molar-refractivity contribution in [1.29, 1.82) is 0 Å². The third kappa shape index (κ3) is 4.22. The number of aromatic nitrogens is 2. The van der Waals surface area contributed by atoms with Crippen molar-refractivity contribution in [2.24, 2.45) is 0 Å². The number of benzene rings is 1. The van der Waals surface area contributed by atoms with Gasteiger partial charge in [0.1, 0.15) is 6.61 Å². The summed E-state index contributed by atoms with van der Waals surface area (Å²) in [7, 11) is -1.91. The fraction of sp³-hybridized carbons (Fsp3) is 0.429. The minimum Gasteiger partial charge on any atom is -0.473 e. The lowest BCUT2D eigenvalue weighted by Gasteiger charge is -2.36. The van der Waals surface area contributed by atoms with Crippen molar-refractivity contribution in [2.75, 3.05) is 0 Å². The van der Waals surface area contributed by atoms with Gasteiger partial charge in [-0.2, -0.15) is 0 Å². The van der Waals surface area contributed by atoms with Crippen molar-refractivity contribution < 1.29 is 13.7 Å². The zero-order valence-corrected chi connectivity index (χ0v) is 18.0. The lowest BCUT2D eigenvalue weighted by Crippen LogP contribution is -2.40. The highest BCUT2D eigenvalue weighted by atomic mass is 28.4. The summed E-state index contributed by atoms with van der Waals surface area (Å²) in [6.07, 6.45) is 1.73. The maximum absolute atomic E-state index is 6.44. The third-order valence-electron chi connectivity index (χ3n) is 5.35. The van der Waals surface area contributed by atoms with E-state index in [9.17, 15) is 0 Å². The number of hydrogen-bond acceptors (Lipinski definition) is 5. The molecular weight excluding hydrogens is 356 g/mol. The molecule has 0 bridgehead atoms. The van der Waals surface area contributed by atoms with Gasteiger partial charge in [-0.25, -0.2) is 4.98 Å². The van der Waals surface area contributed by atoms with E-state index in [1.165, 1.54) is 0 Å². The van der Waals surface area contributed by atoms with Crippen molar-refractivity contribution in [3.05, 3.63) is 53.3 Å². The summed E-state index contributed by atoms with van der Waals surface area (Å²) in [6, 6.07) is 10.1. The Morgan fingerprint density at radius 1 is 1.07 bits per heavy atom. The summed E-state index contributed by atoms with van der Waals surface area (Å²) in [4.78, 5) is 4.63. The number of ether oxygens (including phenoxy) is 1. The number of pyridine rings is 1. The molecule has 0 N–H and O–H groups in total. The zero-order valence-electron chi connectivity index (χ0n) is 17.0. The fourth-order valence-corrected chi connectivity index (χ4v) is 3.49. The minimum absolute atomic E-state index is 0.129. The first-order valence-electron chi connectivity index (χ1n) is 9.23. The van der Waals surface area contributed by atoms with Crippen LogP contribution in [0.1, 0.15) is 37.6 Å². The van der Waals surface area contributed by atoms with Crippen LogP contribution >= 0.6 is 0 Å². The van der Waals surface area contributed by atoms with E-state index in [0.29, 0.717) is 24.7 Å². The van der Waals surface area contributed by atoms with Crippen LogP contribution in [-0.2, 0) is 17.6 Å². The van der Waals surface area contributed by atoms with Gasteiger partial charge < -0.3 is 13.7 Å². The second kappa shape index (κ2) is 7.44. The van der Waals surface area contributed by atoms with Gasteiger partial charge in [-0.3, -0.25) is 0 Å². The number of rotatable bonds is 6. The predicted molar refractivity (Wildman–Crippen MR) is 109 cm³/mol. The van der Waals surface area contributed by atoms with Gasteiger partial charge in [-0.05, 0) is 30.6 Å². The Balaban J connectivity index is 1.91. The SMILES string of the molecule is Cc1nc(OCc2ccccc2)c(CO[Si](C)(C)C(C)(C)C)c2cnoc12.